The van der Waals surface area contributed by atoms with Crippen LogP contribution in [-0.4, -0.2) is 21.6 Å². The van der Waals surface area contributed by atoms with E-state index in [2.05, 4.69) is 4.72 Å². The summed E-state index contributed by atoms with van der Waals surface area (Å²) in [5, 5.41) is 0. The molecule has 0 radical (unpaired) electrons. The van der Waals surface area contributed by atoms with Gasteiger partial charge >= 0.3 is 0 Å². The maximum absolute atomic E-state index is 12.5. The molecule has 1 N–H and O–H groups in total. The fraction of sp³-hybridized carbons (Fsp3) is 0.250. The van der Waals surface area contributed by atoms with Crippen LogP contribution in [0.2, 0.25) is 0 Å². The minimum Gasteiger partial charge on any atom is -0.486 e. The summed E-state index contributed by atoms with van der Waals surface area (Å²) in [7, 11) is -3.67. The number of sulfonamides is 1. The predicted octanol–water partition coefficient (Wildman–Crippen LogP) is 2.88. The molecule has 0 atom stereocenters. The Hall–Kier alpha value is -2.21. The highest BCUT2D eigenvalue weighted by molar-refractivity contribution is 7.92. The number of hydrogen-bond donors (Lipinski definition) is 1. The van der Waals surface area contributed by atoms with E-state index in [1.807, 2.05) is 32.0 Å². The first-order valence-corrected chi connectivity index (χ1v) is 8.44. The van der Waals surface area contributed by atoms with Gasteiger partial charge in [-0.2, -0.15) is 0 Å². The number of anilines is 1. The maximum Gasteiger partial charge on any atom is 0.262 e. The van der Waals surface area contributed by atoms with Crippen molar-refractivity contribution >= 4 is 15.7 Å². The van der Waals surface area contributed by atoms with Crippen LogP contribution in [0, 0.1) is 13.8 Å². The molecule has 116 valence electrons. The van der Waals surface area contributed by atoms with Gasteiger partial charge in [0.05, 0.1) is 10.6 Å². The molecule has 0 unspecified atom stereocenters. The number of fused-ring (bicyclic) bond motifs is 1. The summed E-state index contributed by atoms with van der Waals surface area (Å²) < 4.78 is 38.6. The zero-order chi connectivity index (χ0) is 15.7. The van der Waals surface area contributed by atoms with Gasteiger partial charge in [0.1, 0.15) is 13.2 Å². The molecule has 0 aliphatic carbocycles. The Balaban J connectivity index is 1.94. The van der Waals surface area contributed by atoms with Gasteiger partial charge in [-0.05, 0) is 43.2 Å². The van der Waals surface area contributed by atoms with Gasteiger partial charge in [0.25, 0.3) is 10.0 Å². The summed E-state index contributed by atoms with van der Waals surface area (Å²) in [6.07, 6.45) is 0. The Labute approximate surface area is 129 Å². The minimum atomic E-state index is -3.67. The summed E-state index contributed by atoms with van der Waals surface area (Å²) in [4.78, 5) is 0.151. The summed E-state index contributed by atoms with van der Waals surface area (Å²) in [6.45, 7) is 4.67. The average Bonchev–Trinajstić information content (AvgIpc) is 2.50. The second-order valence-electron chi connectivity index (χ2n) is 5.23. The molecule has 2 aromatic rings. The average molecular weight is 319 g/mol. The van der Waals surface area contributed by atoms with Crippen molar-refractivity contribution in [2.45, 2.75) is 18.7 Å². The molecule has 0 spiro atoms. The SMILES string of the molecule is Cc1ccc(C)c(NS(=O)(=O)c2ccc3c(c2)OCCO3)c1. The van der Waals surface area contributed by atoms with Crippen LogP contribution in [0.3, 0.4) is 0 Å². The lowest BCUT2D eigenvalue weighted by Crippen LogP contribution is -2.17. The highest BCUT2D eigenvalue weighted by Gasteiger charge is 2.20. The summed E-state index contributed by atoms with van der Waals surface area (Å²) >= 11 is 0. The van der Waals surface area contributed by atoms with Crippen LogP contribution in [0.1, 0.15) is 11.1 Å². The van der Waals surface area contributed by atoms with Gasteiger partial charge < -0.3 is 9.47 Å². The quantitative estimate of drug-likeness (QED) is 0.945. The summed E-state index contributed by atoms with van der Waals surface area (Å²) in [6, 6.07) is 10.3. The predicted molar refractivity (Wildman–Crippen MR) is 84.2 cm³/mol. The van der Waals surface area contributed by atoms with Crippen LogP contribution in [0.15, 0.2) is 41.3 Å². The molecule has 0 saturated carbocycles. The van der Waals surface area contributed by atoms with Crippen molar-refractivity contribution in [3.8, 4) is 11.5 Å². The minimum absolute atomic E-state index is 0.151. The van der Waals surface area contributed by atoms with Crippen molar-refractivity contribution in [1.82, 2.24) is 0 Å². The third-order valence-corrected chi connectivity index (χ3v) is 4.82. The van der Waals surface area contributed by atoms with Crippen molar-refractivity contribution < 1.29 is 17.9 Å². The lowest BCUT2D eigenvalue weighted by atomic mass is 10.1. The number of rotatable bonds is 3. The third kappa shape index (κ3) is 2.87. The van der Waals surface area contributed by atoms with E-state index in [-0.39, 0.29) is 4.90 Å². The van der Waals surface area contributed by atoms with Gasteiger partial charge in [-0.1, -0.05) is 12.1 Å². The number of hydrogen-bond acceptors (Lipinski definition) is 4. The van der Waals surface area contributed by atoms with Gasteiger partial charge in [0.15, 0.2) is 11.5 Å². The Morgan fingerprint density at radius 2 is 1.68 bits per heavy atom. The van der Waals surface area contributed by atoms with Gasteiger partial charge in [-0.15, -0.1) is 0 Å². The smallest absolute Gasteiger partial charge is 0.262 e. The molecule has 0 saturated heterocycles. The van der Waals surface area contributed by atoms with E-state index in [9.17, 15) is 8.42 Å². The number of ether oxygens (including phenoxy) is 2. The molecule has 6 heteroatoms. The van der Waals surface area contributed by atoms with E-state index < -0.39 is 10.0 Å². The molecule has 0 amide bonds. The molecule has 1 aliphatic rings. The molecule has 0 fully saturated rings. The molecule has 1 heterocycles. The van der Waals surface area contributed by atoms with Crippen LogP contribution in [0.4, 0.5) is 5.69 Å². The van der Waals surface area contributed by atoms with Gasteiger partial charge in [0, 0.05) is 6.07 Å². The number of nitrogens with one attached hydrogen (secondary N) is 1. The van der Waals surface area contributed by atoms with E-state index in [0.29, 0.717) is 30.4 Å². The second kappa shape index (κ2) is 5.53. The normalized spacial score (nSPS) is 13.7. The maximum atomic E-state index is 12.5. The largest absolute Gasteiger partial charge is 0.486 e. The first-order chi connectivity index (χ1) is 10.5. The van der Waals surface area contributed by atoms with Crippen molar-refractivity contribution in [2.75, 3.05) is 17.9 Å². The first-order valence-electron chi connectivity index (χ1n) is 6.95. The van der Waals surface area contributed by atoms with E-state index >= 15 is 0 Å². The fourth-order valence-corrected chi connectivity index (χ4v) is 3.38. The Kier molecular flexibility index (Phi) is 3.70. The highest BCUT2D eigenvalue weighted by atomic mass is 32.2. The highest BCUT2D eigenvalue weighted by Crippen LogP contribution is 2.33. The molecule has 1 aliphatic heterocycles. The third-order valence-electron chi connectivity index (χ3n) is 3.46. The zero-order valence-electron chi connectivity index (χ0n) is 12.4. The molecule has 0 bridgehead atoms. The topological polar surface area (TPSA) is 64.6 Å². The molecule has 3 rings (SSSR count). The molecular formula is C16H17NO4S. The standard InChI is InChI=1S/C16H17NO4S/c1-11-3-4-12(2)14(9-11)17-22(18,19)13-5-6-15-16(10-13)21-8-7-20-15/h3-6,9-10,17H,7-8H2,1-2H3. The van der Waals surface area contributed by atoms with E-state index in [0.717, 1.165) is 11.1 Å². The number of aryl methyl sites for hydroxylation is 2. The van der Waals surface area contributed by atoms with Gasteiger partial charge in [-0.25, -0.2) is 8.42 Å². The summed E-state index contributed by atoms with van der Waals surface area (Å²) in [5.41, 5.74) is 2.44. The van der Waals surface area contributed by atoms with Crippen molar-refractivity contribution in [2.24, 2.45) is 0 Å². The number of benzene rings is 2. The lowest BCUT2D eigenvalue weighted by Gasteiger charge is -2.19. The van der Waals surface area contributed by atoms with Crippen molar-refractivity contribution in [3.05, 3.63) is 47.5 Å². The van der Waals surface area contributed by atoms with Crippen LogP contribution in [-0.2, 0) is 10.0 Å². The van der Waals surface area contributed by atoms with E-state index in [1.165, 1.54) is 12.1 Å². The lowest BCUT2D eigenvalue weighted by molar-refractivity contribution is 0.171. The molecule has 0 aromatic heterocycles. The van der Waals surface area contributed by atoms with Crippen molar-refractivity contribution in [1.29, 1.82) is 0 Å². The van der Waals surface area contributed by atoms with Gasteiger partial charge in [-0.3, -0.25) is 4.72 Å². The van der Waals surface area contributed by atoms with E-state index in [4.69, 9.17) is 9.47 Å². The van der Waals surface area contributed by atoms with Crippen LogP contribution < -0.4 is 14.2 Å². The van der Waals surface area contributed by atoms with Crippen molar-refractivity contribution in [3.63, 3.8) is 0 Å². The van der Waals surface area contributed by atoms with Crippen LogP contribution >= 0.6 is 0 Å². The monoisotopic (exact) mass is 319 g/mol. The first kappa shape index (κ1) is 14.7. The molecule has 22 heavy (non-hydrogen) atoms. The fourth-order valence-electron chi connectivity index (χ4n) is 2.24. The zero-order valence-corrected chi connectivity index (χ0v) is 13.2. The van der Waals surface area contributed by atoms with Crippen LogP contribution in [0.25, 0.3) is 0 Å². The van der Waals surface area contributed by atoms with E-state index in [1.54, 1.807) is 6.07 Å². The summed E-state index contributed by atoms with van der Waals surface area (Å²) in [5.74, 6) is 1.02. The second-order valence-corrected chi connectivity index (χ2v) is 6.91. The van der Waals surface area contributed by atoms with Gasteiger partial charge in [0.2, 0.25) is 0 Å². The molecule has 2 aromatic carbocycles. The Morgan fingerprint density at radius 3 is 2.45 bits per heavy atom. The Morgan fingerprint density at radius 1 is 0.955 bits per heavy atom. The molecular weight excluding hydrogens is 302 g/mol. The molecule has 5 nitrogen and oxygen atoms in total. The Bertz CT molecular complexity index is 815. The van der Waals surface area contributed by atoms with Crippen LogP contribution in [0.5, 0.6) is 11.5 Å².